The van der Waals surface area contributed by atoms with Gasteiger partial charge in [0.05, 0.1) is 11.3 Å². The van der Waals surface area contributed by atoms with E-state index in [0.29, 0.717) is 11.3 Å². The van der Waals surface area contributed by atoms with Crippen LogP contribution in [0.25, 0.3) is 0 Å². The van der Waals surface area contributed by atoms with Gasteiger partial charge in [-0.05, 0) is 42.0 Å². The van der Waals surface area contributed by atoms with Crippen molar-refractivity contribution in [1.82, 2.24) is 4.73 Å². The lowest BCUT2D eigenvalue weighted by Gasteiger charge is -2.11. The van der Waals surface area contributed by atoms with E-state index >= 15 is 0 Å². The van der Waals surface area contributed by atoms with Gasteiger partial charge in [-0.15, -0.1) is 0 Å². The fourth-order valence-electron chi connectivity index (χ4n) is 2.40. The van der Waals surface area contributed by atoms with Gasteiger partial charge in [-0.25, -0.2) is 4.39 Å². The lowest BCUT2D eigenvalue weighted by atomic mass is 10.2. The highest BCUT2D eigenvalue weighted by Gasteiger charge is 2.14. The Kier molecular flexibility index (Phi) is 5.28. The minimum Gasteiger partial charge on any atom is -0.406 e. The second-order valence-electron chi connectivity index (χ2n) is 5.57. The van der Waals surface area contributed by atoms with Crippen LogP contribution in [-0.4, -0.2) is 10.6 Å². The number of carbonyl (C=O) groups excluding carboxylic acids is 1. The molecule has 0 bridgehead atoms. The number of amides is 1. The fraction of sp³-hybridized carbons (Fsp3) is 0.0500. The van der Waals surface area contributed by atoms with Gasteiger partial charge in [-0.1, -0.05) is 24.3 Å². The third kappa shape index (κ3) is 4.19. The molecule has 3 aromatic rings. The predicted octanol–water partition coefficient (Wildman–Crippen LogP) is 2.74. The molecule has 0 fully saturated rings. The second kappa shape index (κ2) is 7.97. The van der Waals surface area contributed by atoms with Crippen molar-refractivity contribution in [2.45, 2.75) is 6.61 Å². The van der Waals surface area contributed by atoms with Crippen LogP contribution in [0, 0.1) is 17.1 Å². The zero-order valence-electron chi connectivity index (χ0n) is 14.1. The van der Waals surface area contributed by atoms with Gasteiger partial charge in [-0.2, -0.15) is 9.99 Å². The summed E-state index contributed by atoms with van der Waals surface area (Å²) in [5.41, 5.74) is 0.315. The van der Waals surface area contributed by atoms with Crippen LogP contribution in [-0.2, 0) is 6.61 Å². The van der Waals surface area contributed by atoms with Crippen LogP contribution in [0.1, 0.15) is 21.5 Å². The summed E-state index contributed by atoms with van der Waals surface area (Å²) in [6.07, 6.45) is 1.36. The number of anilines is 1. The van der Waals surface area contributed by atoms with Crippen LogP contribution < -0.4 is 15.7 Å². The molecule has 0 aliphatic heterocycles. The Labute approximate surface area is 154 Å². The molecule has 0 aliphatic rings. The molecule has 1 amide bonds. The van der Waals surface area contributed by atoms with E-state index in [1.807, 2.05) is 6.07 Å². The van der Waals surface area contributed by atoms with Gasteiger partial charge in [0.25, 0.3) is 11.5 Å². The first kappa shape index (κ1) is 17.9. The monoisotopic (exact) mass is 363 g/mol. The quantitative estimate of drug-likeness (QED) is 0.755. The van der Waals surface area contributed by atoms with E-state index in [9.17, 15) is 14.0 Å². The Balaban J connectivity index is 1.79. The van der Waals surface area contributed by atoms with Crippen molar-refractivity contribution in [3.8, 4) is 6.07 Å². The average molecular weight is 363 g/mol. The summed E-state index contributed by atoms with van der Waals surface area (Å²) >= 11 is 0. The number of rotatable bonds is 5. The number of para-hydroxylation sites is 1. The Morgan fingerprint density at radius 2 is 1.96 bits per heavy atom. The average Bonchev–Trinajstić information content (AvgIpc) is 2.67. The number of hydrogen-bond acceptors (Lipinski definition) is 4. The maximum absolute atomic E-state index is 13.2. The number of nitriles is 1. The van der Waals surface area contributed by atoms with E-state index < -0.39 is 17.3 Å². The molecule has 6 nitrogen and oxygen atoms in total. The molecular formula is C20H14FN3O3. The topological polar surface area (TPSA) is 84.1 Å². The zero-order valence-corrected chi connectivity index (χ0v) is 14.1. The molecule has 0 saturated carbocycles. The standard InChI is InChI=1S/C20H14FN3O3/c21-16-7-3-5-14(11-16)13-27-24-10-4-8-17(20(24)26)19(25)23-18-9-2-1-6-15(18)12-22/h1-11H,13H2,(H,23,25). The van der Waals surface area contributed by atoms with Crippen LogP contribution in [0.5, 0.6) is 0 Å². The highest BCUT2D eigenvalue weighted by Crippen LogP contribution is 2.14. The smallest absolute Gasteiger partial charge is 0.295 e. The van der Waals surface area contributed by atoms with E-state index in [1.165, 1.54) is 36.5 Å². The van der Waals surface area contributed by atoms with Gasteiger partial charge in [0.2, 0.25) is 0 Å². The second-order valence-corrected chi connectivity index (χ2v) is 5.57. The number of benzene rings is 2. The number of nitrogens with zero attached hydrogens (tertiary/aromatic N) is 2. The lowest BCUT2D eigenvalue weighted by Crippen LogP contribution is -2.32. The Morgan fingerprint density at radius 1 is 1.15 bits per heavy atom. The number of halogens is 1. The SMILES string of the molecule is N#Cc1ccccc1NC(=O)c1cccn(OCc2cccc(F)c2)c1=O. The molecule has 0 unspecified atom stereocenters. The zero-order chi connectivity index (χ0) is 19.2. The van der Waals surface area contributed by atoms with Crippen LogP contribution in [0.3, 0.4) is 0 Å². The van der Waals surface area contributed by atoms with E-state index in [1.54, 1.807) is 30.3 Å². The molecule has 0 aliphatic carbocycles. The molecule has 134 valence electrons. The first-order chi connectivity index (χ1) is 13.1. The molecule has 1 heterocycles. The molecule has 0 saturated heterocycles. The predicted molar refractivity (Wildman–Crippen MR) is 96.5 cm³/mol. The largest absolute Gasteiger partial charge is 0.406 e. The molecule has 1 aromatic heterocycles. The van der Waals surface area contributed by atoms with Crippen LogP contribution in [0.15, 0.2) is 71.7 Å². The van der Waals surface area contributed by atoms with E-state index in [0.717, 1.165) is 4.73 Å². The minimum absolute atomic E-state index is 0.0417. The third-order valence-corrected chi connectivity index (χ3v) is 3.71. The molecule has 3 rings (SSSR count). The summed E-state index contributed by atoms with van der Waals surface area (Å²) in [5, 5.41) is 11.6. The van der Waals surface area contributed by atoms with Crippen molar-refractivity contribution in [3.63, 3.8) is 0 Å². The van der Waals surface area contributed by atoms with Gasteiger partial charge in [0.15, 0.2) is 0 Å². The number of aromatic nitrogens is 1. The van der Waals surface area contributed by atoms with Gasteiger partial charge in [-0.3, -0.25) is 9.59 Å². The summed E-state index contributed by atoms with van der Waals surface area (Å²) in [7, 11) is 0. The van der Waals surface area contributed by atoms with Crippen molar-refractivity contribution < 1.29 is 14.0 Å². The van der Waals surface area contributed by atoms with Crippen LogP contribution in [0.2, 0.25) is 0 Å². The highest BCUT2D eigenvalue weighted by molar-refractivity contribution is 6.04. The van der Waals surface area contributed by atoms with E-state index in [4.69, 9.17) is 10.1 Å². The molecule has 27 heavy (non-hydrogen) atoms. The highest BCUT2D eigenvalue weighted by atomic mass is 19.1. The van der Waals surface area contributed by atoms with Crippen molar-refractivity contribution in [2.75, 3.05) is 5.32 Å². The summed E-state index contributed by atoms with van der Waals surface area (Å²) in [4.78, 5) is 30.3. The first-order valence-corrected chi connectivity index (χ1v) is 7.98. The normalized spacial score (nSPS) is 10.1. The Morgan fingerprint density at radius 3 is 2.74 bits per heavy atom. The molecule has 0 radical (unpaired) electrons. The number of nitrogens with one attached hydrogen (secondary N) is 1. The van der Waals surface area contributed by atoms with Crippen LogP contribution in [0.4, 0.5) is 10.1 Å². The molecule has 0 spiro atoms. The maximum atomic E-state index is 13.2. The Hall–Kier alpha value is -3.92. The molecular weight excluding hydrogens is 349 g/mol. The maximum Gasteiger partial charge on any atom is 0.295 e. The molecule has 7 heteroatoms. The van der Waals surface area contributed by atoms with Gasteiger partial charge >= 0.3 is 0 Å². The summed E-state index contributed by atoms with van der Waals surface area (Å²) in [5.74, 6) is -1.07. The summed E-state index contributed by atoms with van der Waals surface area (Å²) < 4.78 is 14.1. The van der Waals surface area contributed by atoms with Gasteiger partial charge in [0.1, 0.15) is 24.1 Å². The molecule has 2 aromatic carbocycles. The molecule has 0 atom stereocenters. The van der Waals surface area contributed by atoms with Gasteiger partial charge in [0, 0.05) is 6.20 Å². The van der Waals surface area contributed by atoms with Crippen LogP contribution >= 0.6 is 0 Å². The molecule has 1 N–H and O–H groups in total. The van der Waals surface area contributed by atoms with Crippen molar-refractivity contribution in [2.24, 2.45) is 0 Å². The number of pyridine rings is 1. The van der Waals surface area contributed by atoms with Crippen molar-refractivity contribution >= 4 is 11.6 Å². The lowest BCUT2D eigenvalue weighted by molar-refractivity contribution is 0.0862. The first-order valence-electron chi connectivity index (χ1n) is 7.98. The fourth-order valence-corrected chi connectivity index (χ4v) is 2.40. The minimum atomic E-state index is -0.666. The van der Waals surface area contributed by atoms with E-state index in [-0.39, 0.29) is 17.7 Å². The summed E-state index contributed by atoms with van der Waals surface area (Å²) in [6.45, 7) is -0.0417. The number of carbonyl (C=O) groups is 1. The van der Waals surface area contributed by atoms with Gasteiger partial charge < -0.3 is 10.2 Å². The summed E-state index contributed by atoms with van der Waals surface area (Å²) in [6, 6.07) is 17.1. The van der Waals surface area contributed by atoms with E-state index in [2.05, 4.69) is 5.32 Å². The van der Waals surface area contributed by atoms with Crippen molar-refractivity contribution in [1.29, 1.82) is 5.26 Å². The Bertz CT molecular complexity index is 1090. The third-order valence-electron chi connectivity index (χ3n) is 3.71. The van der Waals surface area contributed by atoms with Crippen molar-refractivity contribution in [3.05, 3.63) is 99.7 Å². The number of hydrogen-bond donors (Lipinski definition) is 1.